The summed E-state index contributed by atoms with van der Waals surface area (Å²) in [6.07, 6.45) is 1.48. The van der Waals surface area contributed by atoms with Crippen LogP contribution in [0.4, 0.5) is 5.69 Å². The average Bonchev–Trinajstić information content (AvgIpc) is 2.88. The highest BCUT2D eigenvalue weighted by atomic mass is 16.4. The predicted molar refractivity (Wildman–Crippen MR) is 72.8 cm³/mol. The lowest BCUT2D eigenvalue weighted by atomic mass is 10.1. The Bertz CT molecular complexity index is 863. The number of nitrogen functional groups attached to an aromatic ring is 1. The molecule has 6 nitrogen and oxygen atoms in total. The SMILES string of the molecule is Cc1coc(C)c1C(=O)n1c(=O)oc2cc(N)ccc21. The highest BCUT2D eigenvalue weighted by Gasteiger charge is 2.22. The van der Waals surface area contributed by atoms with Crippen molar-refractivity contribution in [3.8, 4) is 0 Å². The smallest absolute Gasteiger partial charge is 0.427 e. The third kappa shape index (κ3) is 1.65. The van der Waals surface area contributed by atoms with Gasteiger partial charge in [-0.15, -0.1) is 0 Å². The van der Waals surface area contributed by atoms with E-state index in [4.69, 9.17) is 14.6 Å². The number of hydrogen-bond acceptors (Lipinski definition) is 5. The highest BCUT2D eigenvalue weighted by molar-refractivity contribution is 6.02. The molecule has 0 aliphatic heterocycles. The molecule has 20 heavy (non-hydrogen) atoms. The summed E-state index contributed by atoms with van der Waals surface area (Å²) >= 11 is 0. The molecule has 0 radical (unpaired) electrons. The molecule has 3 aromatic rings. The molecule has 0 aliphatic carbocycles. The number of carbonyl (C=O) groups excluding carboxylic acids is 1. The van der Waals surface area contributed by atoms with Crippen molar-refractivity contribution in [2.45, 2.75) is 13.8 Å². The number of furan rings is 1. The Kier molecular flexibility index (Phi) is 2.53. The summed E-state index contributed by atoms with van der Waals surface area (Å²) in [5.74, 6) is -0.748. The van der Waals surface area contributed by atoms with E-state index in [1.165, 1.54) is 12.3 Å². The maximum absolute atomic E-state index is 12.5. The van der Waals surface area contributed by atoms with Crippen LogP contribution in [0.2, 0.25) is 0 Å². The topological polar surface area (TPSA) is 91.4 Å². The molecule has 0 fully saturated rings. The summed E-state index contributed by atoms with van der Waals surface area (Å²) in [7, 11) is 0. The van der Waals surface area contributed by atoms with E-state index in [-0.39, 0.29) is 5.58 Å². The summed E-state index contributed by atoms with van der Waals surface area (Å²) in [5, 5.41) is 0. The van der Waals surface area contributed by atoms with Gasteiger partial charge >= 0.3 is 5.76 Å². The van der Waals surface area contributed by atoms with Crippen LogP contribution in [0.1, 0.15) is 21.7 Å². The Morgan fingerprint density at radius 2 is 2.05 bits per heavy atom. The second kappa shape index (κ2) is 4.12. The fourth-order valence-electron chi connectivity index (χ4n) is 2.23. The monoisotopic (exact) mass is 272 g/mol. The molecular weight excluding hydrogens is 260 g/mol. The van der Waals surface area contributed by atoms with Crippen molar-refractivity contribution in [3.05, 3.63) is 51.9 Å². The van der Waals surface area contributed by atoms with Gasteiger partial charge in [-0.05, 0) is 26.0 Å². The highest BCUT2D eigenvalue weighted by Crippen LogP contribution is 2.21. The molecule has 0 amide bonds. The number of rotatable bonds is 1. The summed E-state index contributed by atoms with van der Waals surface area (Å²) in [5.41, 5.74) is 7.79. The van der Waals surface area contributed by atoms with E-state index in [0.29, 0.717) is 28.1 Å². The second-order valence-corrected chi connectivity index (χ2v) is 4.59. The van der Waals surface area contributed by atoms with Crippen LogP contribution in [0.5, 0.6) is 0 Å². The molecule has 6 heteroatoms. The number of carbonyl (C=O) groups is 1. The van der Waals surface area contributed by atoms with E-state index in [2.05, 4.69) is 0 Å². The molecule has 3 rings (SSSR count). The van der Waals surface area contributed by atoms with Gasteiger partial charge in [-0.25, -0.2) is 9.36 Å². The Hall–Kier alpha value is -2.76. The molecule has 0 bridgehead atoms. The molecule has 0 spiro atoms. The lowest BCUT2D eigenvalue weighted by Crippen LogP contribution is -2.23. The first-order valence-electron chi connectivity index (χ1n) is 5.99. The maximum atomic E-state index is 12.5. The third-order valence-electron chi connectivity index (χ3n) is 3.18. The number of fused-ring (bicyclic) bond motifs is 1. The molecule has 0 saturated carbocycles. The molecule has 2 aromatic heterocycles. The second-order valence-electron chi connectivity index (χ2n) is 4.59. The lowest BCUT2D eigenvalue weighted by Gasteiger charge is -2.01. The first-order chi connectivity index (χ1) is 9.49. The van der Waals surface area contributed by atoms with Crippen LogP contribution in [-0.2, 0) is 0 Å². The molecule has 1 aromatic carbocycles. The molecule has 0 atom stereocenters. The van der Waals surface area contributed by atoms with Crippen LogP contribution in [-0.4, -0.2) is 10.5 Å². The van der Waals surface area contributed by atoms with Crippen molar-refractivity contribution in [2.75, 3.05) is 5.73 Å². The van der Waals surface area contributed by atoms with Gasteiger partial charge in [0.15, 0.2) is 5.58 Å². The minimum absolute atomic E-state index is 0.280. The van der Waals surface area contributed by atoms with E-state index in [1.54, 1.807) is 26.0 Å². The number of aromatic nitrogens is 1. The van der Waals surface area contributed by atoms with Gasteiger partial charge in [0.1, 0.15) is 5.76 Å². The van der Waals surface area contributed by atoms with Crippen LogP contribution in [0.15, 0.2) is 38.1 Å². The number of oxazole rings is 1. The van der Waals surface area contributed by atoms with E-state index in [1.807, 2.05) is 0 Å². The van der Waals surface area contributed by atoms with Crippen molar-refractivity contribution in [3.63, 3.8) is 0 Å². The summed E-state index contributed by atoms with van der Waals surface area (Å²) in [6, 6.07) is 4.70. The molecule has 2 N–H and O–H groups in total. The van der Waals surface area contributed by atoms with E-state index in [9.17, 15) is 9.59 Å². The van der Waals surface area contributed by atoms with E-state index < -0.39 is 11.7 Å². The normalized spacial score (nSPS) is 11.1. The molecule has 2 heterocycles. The standard InChI is InChI=1S/C14H12N2O4/c1-7-6-19-8(2)12(7)13(17)16-10-4-3-9(15)5-11(10)20-14(16)18/h3-6H,15H2,1-2H3. The van der Waals surface area contributed by atoms with Crippen molar-refractivity contribution in [2.24, 2.45) is 0 Å². The van der Waals surface area contributed by atoms with Crippen molar-refractivity contribution in [1.29, 1.82) is 0 Å². The van der Waals surface area contributed by atoms with Gasteiger partial charge in [0.25, 0.3) is 5.91 Å². The van der Waals surface area contributed by atoms with Gasteiger partial charge in [0.05, 0.1) is 17.3 Å². The zero-order valence-electron chi connectivity index (χ0n) is 11.0. The Morgan fingerprint density at radius 3 is 2.70 bits per heavy atom. The number of anilines is 1. The molecule has 0 saturated heterocycles. The summed E-state index contributed by atoms with van der Waals surface area (Å²) in [4.78, 5) is 24.5. The van der Waals surface area contributed by atoms with Crippen LogP contribution < -0.4 is 11.5 Å². The van der Waals surface area contributed by atoms with Gasteiger partial charge in [0.2, 0.25) is 0 Å². The predicted octanol–water partition coefficient (Wildman–Crippen LogP) is 2.08. The maximum Gasteiger partial charge on any atom is 0.427 e. The van der Waals surface area contributed by atoms with Crippen LogP contribution in [0, 0.1) is 13.8 Å². The van der Waals surface area contributed by atoms with Crippen LogP contribution in [0.3, 0.4) is 0 Å². The quantitative estimate of drug-likeness (QED) is 0.685. The number of benzene rings is 1. The third-order valence-corrected chi connectivity index (χ3v) is 3.18. The molecule has 0 unspecified atom stereocenters. The van der Waals surface area contributed by atoms with Crippen molar-refractivity contribution in [1.82, 2.24) is 4.57 Å². The van der Waals surface area contributed by atoms with Gasteiger partial charge in [-0.2, -0.15) is 0 Å². The van der Waals surface area contributed by atoms with Crippen LogP contribution in [0.25, 0.3) is 11.1 Å². The number of aryl methyl sites for hydroxylation is 2. The summed E-state index contributed by atoms with van der Waals surface area (Å²) < 4.78 is 11.2. The van der Waals surface area contributed by atoms with Crippen LogP contribution >= 0.6 is 0 Å². The largest absolute Gasteiger partial charge is 0.469 e. The molecular formula is C14H12N2O4. The number of nitrogens with two attached hydrogens (primary N) is 1. The van der Waals surface area contributed by atoms with Gasteiger partial charge in [-0.3, -0.25) is 4.79 Å². The molecule has 0 aliphatic rings. The van der Waals surface area contributed by atoms with Crippen molar-refractivity contribution < 1.29 is 13.6 Å². The number of hydrogen-bond donors (Lipinski definition) is 1. The fourth-order valence-corrected chi connectivity index (χ4v) is 2.23. The first-order valence-corrected chi connectivity index (χ1v) is 5.99. The minimum atomic E-state index is -0.740. The first kappa shape index (κ1) is 12.3. The van der Waals surface area contributed by atoms with Gasteiger partial charge in [-0.1, -0.05) is 0 Å². The van der Waals surface area contributed by atoms with Gasteiger partial charge in [0, 0.05) is 17.3 Å². The summed E-state index contributed by atoms with van der Waals surface area (Å²) in [6.45, 7) is 3.42. The fraction of sp³-hybridized carbons (Fsp3) is 0.143. The van der Waals surface area contributed by atoms with Crippen molar-refractivity contribution >= 4 is 22.7 Å². The van der Waals surface area contributed by atoms with E-state index in [0.717, 1.165) is 4.57 Å². The average molecular weight is 272 g/mol. The van der Waals surface area contributed by atoms with Gasteiger partial charge < -0.3 is 14.6 Å². The molecule has 102 valence electrons. The lowest BCUT2D eigenvalue weighted by molar-refractivity contribution is 0.0954. The Balaban J connectivity index is 2.27. The zero-order valence-corrected chi connectivity index (χ0v) is 11.0. The Labute approximate surface area is 113 Å². The zero-order chi connectivity index (χ0) is 14.4. The van der Waals surface area contributed by atoms with E-state index >= 15 is 0 Å². The number of nitrogens with zero attached hydrogens (tertiary/aromatic N) is 1. The Morgan fingerprint density at radius 1 is 1.30 bits per heavy atom. The minimum Gasteiger partial charge on any atom is -0.469 e.